The van der Waals surface area contributed by atoms with Crippen molar-refractivity contribution in [2.24, 2.45) is 0 Å². The highest BCUT2D eigenvalue weighted by atomic mass is 16.6. The Morgan fingerprint density at radius 1 is 1.00 bits per heavy atom. The Hall–Kier alpha value is -3.60. The highest BCUT2D eigenvalue weighted by Crippen LogP contribution is 2.36. The molecule has 2 aromatic heterocycles. The second-order valence-electron chi connectivity index (χ2n) is 8.78. The zero-order valence-corrected chi connectivity index (χ0v) is 19.2. The van der Waals surface area contributed by atoms with Crippen LogP contribution in [0.5, 0.6) is 11.8 Å². The number of ether oxygens (including phenoxy) is 3. The normalized spacial score (nSPS) is 23.4. The van der Waals surface area contributed by atoms with E-state index in [0.29, 0.717) is 25.0 Å². The number of benzene rings is 2. The van der Waals surface area contributed by atoms with Gasteiger partial charge in [0.15, 0.2) is 0 Å². The molecule has 2 saturated heterocycles. The van der Waals surface area contributed by atoms with Crippen molar-refractivity contribution in [1.82, 2.24) is 35.1 Å². The van der Waals surface area contributed by atoms with Gasteiger partial charge in [0.05, 0.1) is 25.6 Å². The Kier molecular flexibility index (Phi) is 6.22. The molecule has 0 bridgehead atoms. The number of tetrazole rings is 1. The van der Waals surface area contributed by atoms with E-state index in [0.717, 1.165) is 25.1 Å². The van der Waals surface area contributed by atoms with Gasteiger partial charge in [0.2, 0.25) is 0 Å². The predicted octanol–water partition coefficient (Wildman–Crippen LogP) is 2.58. The van der Waals surface area contributed by atoms with Crippen LogP contribution in [0, 0.1) is 0 Å². The zero-order valence-electron chi connectivity index (χ0n) is 19.2. The lowest BCUT2D eigenvalue weighted by Gasteiger charge is -2.18. The lowest BCUT2D eigenvalue weighted by Crippen LogP contribution is -2.41. The smallest absolute Gasteiger partial charge is 0.341 e. The van der Waals surface area contributed by atoms with E-state index < -0.39 is 0 Å². The fourth-order valence-corrected chi connectivity index (χ4v) is 4.75. The van der Waals surface area contributed by atoms with Gasteiger partial charge in [-0.25, -0.2) is 4.98 Å². The summed E-state index contributed by atoms with van der Waals surface area (Å²) in [5, 5.41) is 15.7. The van der Waals surface area contributed by atoms with Crippen LogP contribution in [0.15, 0.2) is 73.3 Å². The quantitative estimate of drug-likeness (QED) is 0.370. The lowest BCUT2D eigenvalue weighted by atomic mass is 10.1. The monoisotopic (exact) mass is 473 g/mol. The van der Waals surface area contributed by atoms with Crippen molar-refractivity contribution in [2.45, 2.75) is 37.1 Å². The first kappa shape index (κ1) is 21.9. The average molecular weight is 474 g/mol. The molecular weight excluding hydrogens is 446 g/mol. The van der Waals surface area contributed by atoms with Crippen LogP contribution in [0.1, 0.15) is 18.0 Å². The second kappa shape index (κ2) is 9.95. The molecule has 4 atom stereocenters. The maximum atomic E-state index is 6.14. The van der Waals surface area contributed by atoms with Crippen LogP contribution in [0.25, 0.3) is 5.69 Å². The van der Waals surface area contributed by atoms with Crippen molar-refractivity contribution in [3.8, 4) is 17.4 Å². The van der Waals surface area contributed by atoms with Crippen LogP contribution in [-0.2, 0) is 15.9 Å². The van der Waals surface area contributed by atoms with Crippen molar-refractivity contribution in [2.75, 3.05) is 19.8 Å². The van der Waals surface area contributed by atoms with E-state index in [1.165, 1.54) is 5.56 Å². The van der Waals surface area contributed by atoms with Crippen molar-refractivity contribution < 1.29 is 14.2 Å². The summed E-state index contributed by atoms with van der Waals surface area (Å²) in [6.45, 7) is 1.98. The van der Waals surface area contributed by atoms with Gasteiger partial charge in [-0.2, -0.15) is 4.68 Å². The summed E-state index contributed by atoms with van der Waals surface area (Å²) in [5.74, 6) is 0.644. The average Bonchev–Trinajstić information content (AvgIpc) is 3.69. The summed E-state index contributed by atoms with van der Waals surface area (Å²) < 4.78 is 21.9. The molecule has 0 saturated carbocycles. The molecule has 1 N–H and O–H groups in total. The number of aromatic nitrogens is 6. The van der Waals surface area contributed by atoms with E-state index in [9.17, 15) is 0 Å². The Morgan fingerprint density at radius 3 is 2.69 bits per heavy atom. The van der Waals surface area contributed by atoms with Gasteiger partial charge in [0.25, 0.3) is 0 Å². The Balaban J connectivity index is 1.05. The summed E-state index contributed by atoms with van der Waals surface area (Å²) >= 11 is 0. The molecule has 0 aliphatic carbocycles. The van der Waals surface area contributed by atoms with E-state index in [-0.39, 0.29) is 24.3 Å². The molecule has 6 rings (SSSR count). The molecule has 180 valence electrons. The van der Waals surface area contributed by atoms with Gasteiger partial charge in [-0.15, -0.1) is 0 Å². The standard InChI is InChI=1S/C25H27N7O3/c1-2-5-18(6-3-1)7-4-12-27-21-15-33-24-22(16-34-23(21)24)32-25(28-29-30-32)35-20-10-8-19(9-11-20)31-14-13-26-17-31/h1-3,5-6,8-11,13-14,17,21-24,27H,4,7,12,15-16H2/t21-,22-,23+,24+/m0/s1. The Labute approximate surface area is 202 Å². The van der Waals surface area contributed by atoms with Crippen LogP contribution in [0.3, 0.4) is 0 Å². The third-order valence-corrected chi connectivity index (χ3v) is 6.54. The molecule has 10 heteroatoms. The second-order valence-corrected chi connectivity index (χ2v) is 8.78. The minimum atomic E-state index is -0.147. The number of aryl methyl sites for hydroxylation is 1. The van der Waals surface area contributed by atoms with Gasteiger partial charge in [-0.05, 0) is 59.6 Å². The third-order valence-electron chi connectivity index (χ3n) is 6.54. The summed E-state index contributed by atoms with van der Waals surface area (Å²) in [6, 6.07) is 18.5. The first-order chi connectivity index (χ1) is 17.3. The molecule has 4 heterocycles. The van der Waals surface area contributed by atoms with Crippen LogP contribution in [-0.4, -0.2) is 67.8 Å². The number of imidazole rings is 1. The topological polar surface area (TPSA) is 101 Å². The van der Waals surface area contributed by atoms with E-state index in [1.54, 1.807) is 17.2 Å². The molecular formula is C25H27N7O3. The summed E-state index contributed by atoms with van der Waals surface area (Å²) in [5.41, 5.74) is 2.35. The number of nitrogens with one attached hydrogen (secondary N) is 1. The zero-order chi connectivity index (χ0) is 23.5. The number of hydrogen-bond acceptors (Lipinski definition) is 8. The molecule has 4 aromatic rings. The summed E-state index contributed by atoms with van der Waals surface area (Å²) in [7, 11) is 0. The van der Waals surface area contributed by atoms with Gasteiger partial charge in [-0.1, -0.05) is 35.4 Å². The van der Waals surface area contributed by atoms with E-state index in [4.69, 9.17) is 14.2 Å². The molecule has 2 fully saturated rings. The van der Waals surface area contributed by atoms with Crippen LogP contribution in [0.2, 0.25) is 0 Å². The summed E-state index contributed by atoms with van der Waals surface area (Å²) in [4.78, 5) is 4.08. The largest absolute Gasteiger partial charge is 0.423 e. The van der Waals surface area contributed by atoms with Gasteiger partial charge >= 0.3 is 6.01 Å². The molecule has 0 radical (unpaired) electrons. The van der Waals surface area contributed by atoms with Crippen molar-refractivity contribution in [3.05, 3.63) is 78.9 Å². The van der Waals surface area contributed by atoms with Crippen molar-refractivity contribution in [1.29, 1.82) is 0 Å². The van der Waals surface area contributed by atoms with Gasteiger partial charge in [0.1, 0.15) is 24.0 Å². The molecule has 0 spiro atoms. The van der Waals surface area contributed by atoms with Crippen LogP contribution < -0.4 is 10.1 Å². The van der Waals surface area contributed by atoms with Gasteiger partial charge in [0, 0.05) is 18.1 Å². The predicted molar refractivity (Wildman–Crippen MR) is 127 cm³/mol. The van der Waals surface area contributed by atoms with Gasteiger partial charge < -0.3 is 24.1 Å². The minimum Gasteiger partial charge on any atom is -0.423 e. The molecule has 0 amide bonds. The van der Waals surface area contributed by atoms with Crippen LogP contribution >= 0.6 is 0 Å². The van der Waals surface area contributed by atoms with Crippen LogP contribution in [0.4, 0.5) is 0 Å². The van der Waals surface area contributed by atoms with E-state index in [1.807, 2.05) is 41.1 Å². The molecule has 35 heavy (non-hydrogen) atoms. The van der Waals surface area contributed by atoms with E-state index >= 15 is 0 Å². The summed E-state index contributed by atoms with van der Waals surface area (Å²) in [6.07, 6.45) is 7.32. The van der Waals surface area contributed by atoms with Gasteiger partial charge in [-0.3, -0.25) is 0 Å². The Bertz CT molecular complexity index is 1210. The lowest BCUT2D eigenvalue weighted by molar-refractivity contribution is 0.0611. The van der Waals surface area contributed by atoms with E-state index in [2.05, 4.69) is 50.1 Å². The van der Waals surface area contributed by atoms with Crippen molar-refractivity contribution >= 4 is 0 Å². The fraction of sp³-hybridized carbons (Fsp3) is 0.360. The first-order valence-electron chi connectivity index (χ1n) is 11.9. The SMILES string of the molecule is c1ccc(CCCN[C@H]2CO[C@H]3[C@@H]2OC[C@@H]3n2nnnc2Oc2ccc(-n3ccnc3)cc2)cc1. The molecule has 10 nitrogen and oxygen atoms in total. The van der Waals surface area contributed by atoms with Crippen molar-refractivity contribution in [3.63, 3.8) is 0 Å². The number of hydrogen-bond donors (Lipinski definition) is 1. The third kappa shape index (κ3) is 4.68. The number of rotatable bonds is 9. The maximum absolute atomic E-state index is 6.14. The number of fused-ring (bicyclic) bond motifs is 1. The molecule has 2 aliphatic rings. The molecule has 0 unspecified atom stereocenters. The first-order valence-corrected chi connectivity index (χ1v) is 11.9. The molecule has 2 aliphatic heterocycles. The minimum absolute atomic E-state index is 0.0387. The molecule has 2 aromatic carbocycles. The fourth-order valence-electron chi connectivity index (χ4n) is 4.75. The highest BCUT2D eigenvalue weighted by Gasteiger charge is 2.49. The Morgan fingerprint density at radius 2 is 1.86 bits per heavy atom. The maximum Gasteiger partial charge on any atom is 0.341 e. The number of nitrogens with zero attached hydrogens (tertiary/aromatic N) is 6. The highest BCUT2D eigenvalue weighted by molar-refractivity contribution is 5.38.